The third kappa shape index (κ3) is 4.95. The van der Waals surface area contributed by atoms with Gasteiger partial charge in [0.1, 0.15) is 23.5 Å². The predicted octanol–water partition coefficient (Wildman–Crippen LogP) is 5.46. The molecule has 9 heteroatoms. The van der Waals surface area contributed by atoms with Crippen LogP contribution in [-0.2, 0) is 32.2 Å². The van der Waals surface area contributed by atoms with Gasteiger partial charge in [-0.3, -0.25) is 14.4 Å². The molecule has 5 rings (SSSR count). The predicted molar refractivity (Wildman–Crippen MR) is 148 cm³/mol. The molecule has 0 spiro atoms. The van der Waals surface area contributed by atoms with Gasteiger partial charge in [-0.1, -0.05) is 29.8 Å². The molecule has 0 bridgehead atoms. The van der Waals surface area contributed by atoms with Crippen molar-refractivity contribution in [3.63, 3.8) is 0 Å². The van der Waals surface area contributed by atoms with Gasteiger partial charge < -0.3 is 14.3 Å². The number of carbonyl (C=O) groups is 2. The van der Waals surface area contributed by atoms with Crippen molar-refractivity contribution in [2.24, 2.45) is 5.92 Å². The monoisotopic (exact) mass is 555 g/mol. The fourth-order valence-corrected chi connectivity index (χ4v) is 5.99. The Labute approximate surface area is 232 Å². The number of likely N-dealkylation sites (tertiary alicyclic amines) is 1. The number of hydrogen-bond acceptors (Lipinski definition) is 6. The fourth-order valence-electron chi connectivity index (χ4n) is 5.43. The summed E-state index contributed by atoms with van der Waals surface area (Å²) in [6.07, 6.45) is 4.23. The second-order valence-corrected chi connectivity index (χ2v) is 11.2. The highest BCUT2D eigenvalue weighted by Crippen LogP contribution is 2.42. The number of aldehydes is 1. The summed E-state index contributed by atoms with van der Waals surface area (Å²) in [5.74, 6) is 0.375. The Bertz CT molecular complexity index is 1420. The van der Waals surface area contributed by atoms with Crippen LogP contribution in [0, 0.1) is 5.92 Å². The van der Waals surface area contributed by atoms with E-state index in [1.807, 2.05) is 47.2 Å². The SMILES string of the molecule is COC(=O)[C@@H]1CCN(CC2=CCc3cc(OCc4ccc5c(c4)c(Cl)nn5C(C)C)ccc3C2(Cl)C=O)C1. The summed E-state index contributed by atoms with van der Waals surface area (Å²) in [4.78, 5) is 25.1. The summed E-state index contributed by atoms with van der Waals surface area (Å²) in [5.41, 5.74) is 4.55. The van der Waals surface area contributed by atoms with Gasteiger partial charge in [-0.25, -0.2) is 0 Å². The normalized spacial score (nSPS) is 21.4. The number of carbonyl (C=O) groups excluding carboxylic acids is 2. The Balaban J connectivity index is 1.29. The number of alkyl halides is 1. The van der Waals surface area contributed by atoms with Crippen LogP contribution in [0.1, 0.15) is 43.0 Å². The summed E-state index contributed by atoms with van der Waals surface area (Å²) in [7, 11) is 1.41. The number of esters is 1. The number of methoxy groups -OCH3 is 1. The molecule has 200 valence electrons. The first-order chi connectivity index (χ1) is 18.2. The number of allylic oxidation sites excluding steroid dienone is 1. The van der Waals surface area contributed by atoms with Crippen LogP contribution in [-0.4, -0.2) is 53.7 Å². The molecule has 0 amide bonds. The van der Waals surface area contributed by atoms with Crippen LogP contribution >= 0.6 is 23.2 Å². The molecule has 1 aromatic heterocycles. The Hall–Kier alpha value is -2.87. The maximum Gasteiger partial charge on any atom is 0.310 e. The minimum atomic E-state index is -1.24. The fraction of sp³-hybridized carbons (Fsp3) is 0.414. The average Bonchev–Trinajstić information content (AvgIpc) is 3.53. The van der Waals surface area contributed by atoms with Crippen molar-refractivity contribution in [1.82, 2.24) is 14.7 Å². The number of hydrogen-bond donors (Lipinski definition) is 0. The molecule has 0 N–H and O–H groups in total. The highest BCUT2D eigenvalue weighted by molar-refractivity contribution is 6.34. The van der Waals surface area contributed by atoms with Crippen LogP contribution in [0.3, 0.4) is 0 Å². The van der Waals surface area contributed by atoms with E-state index in [0.29, 0.717) is 37.0 Å². The van der Waals surface area contributed by atoms with Crippen molar-refractivity contribution in [2.45, 2.75) is 44.2 Å². The summed E-state index contributed by atoms with van der Waals surface area (Å²) in [5, 5.41) is 5.83. The molecular formula is C29H31Cl2N3O4. The van der Waals surface area contributed by atoms with E-state index in [0.717, 1.165) is 52.4 Å². The van der Waals surface area contributed by atoms with Crippen LogP contribution in [0.2, 0.25) is 5.15 Å². The van der Waals surface area contributed by atoms with E-state index in [1.54, 1.807) is 0 Å². The Morgan fingerprint density at radius 3 is 2.82 bits per heavy atom. The molecule has 0 radical (unpaired) electrons. The molecule has 1 aliphatic heterocycles. The van der Waals surface area contributed by atoms with E-state index in [9.17, 15) is 9.59 Å². The summed E-state index contributed by atoms with van der Waals surface area (Å²) in [6, 6.07) is 12.0. The van der Waals surface area contributed by atoms with Crippen molar-refractivity contribution in [3.05, 3.63) is 69.9 Å². The van der Waals surface area contributed by atoms with Gasteiger partial charge in [-0.05, 0) is 79.8 Å². The van der Waals surface area contributed by atoms with Gasteiger partial charge in [0.25, 0.3) is 0 Å². The van der Waals surface area contributed by atoms with E-state index in [1.165, 1.54) is 7.11 Å². The molecule has 7 nitrogen and oxygen atoms in total. The van der Waals surface area contributed by atoms with E-state index >= 15 is 0 Å². The number of fused-ring (bicyclic) bond motifs is 2. The molecular weight excluding hydrogens is 525 g/mol. The Kier molecular flexibility index (Phi) is 7.54. The lowest BCUT2D eigenvalue weighted by Gasteiger charge is -2.33. The highest BCUT2D eigenvalue weighted by atomic mass is 35.5. The molecule has 2 atom stereocenters. The second-order valence-electron chi connectivity index (χ2n) is 10.3. The van der Waals surface area contributed by atoms with Gasteiger partial charge in [0, 0.05) is 24.5 Å². The van der Waals surface area contributed by atoms with Crippen LogP contribution in [0.15, 0.2) is 48.0 Å². The van der Waals surface area contributed by atoms with Gasteiger partial charge in [0.15, 0.2) is 5.15 Å². The maximum atomic E-state index is 12.3. The third-order valence-corrected chi connectivity index (χ3v) is 8.30. The molecule has 2 aliphatic rings. The van der Waals surface area contributed by atoms with Crippen molar-refractivity contribution in [3.8, 4) is 5.75 Å². The second kappa shape index (κ2) is 10.7. The Morgan fingerprint density at radius 1 is 1.26 bits per heavy atom. The van der Waals surface area contributed by atoms with Crippen LogP contribution in [0.4, 0.5) is 0 Å². The third-order valence-electron chi connectivity index (χ3n) is 7.49. The smallest absolute Gasteiger partial charge is 0.310 e. The number of ether oxygens (including phenoxy) is 2. The van der Waals surface area contributed by atoms with E-state index in [4.69, 9.17) is 32.7 Å². The first-order valence-corrected chi connectivity index (χ1v) is 13.6. The van der Waals surface area contributed by atoms with Crippen molar-refractivity contribution in [2.75, 3.05) is 26.7 Å². The number of benzene rings is 2. The van der Waals surface area contributed by atoms with Crippen molar-refractivity contribution in [1.29, 1.82) is 0 Å². The lowest BCUT2D eigenvalue weighted by molar-refractivity contribution is -0.144. The minimum absolute atomic E-state index is 0.139. The van der Waals surface area contributed by atoms with E-state index in [2.05, 4.69) is 23.8 Å². The number of aromatic nitrogens is 2. The Morgan fingerprint density at radius 2 is 2.08 bits per heavy atom. The van der Waals surface area contributed by atoms with Crippen molar-refractivity contribution >= 4 is 46.4 Å². The van der Waals surface area contributed by atoms with Gasteiger partial charge in [-0.2, -0.15) is 5.10 Å². The van der Waals surface area contributed by atoms with Gasteiger partial charge in [0.05, 0.1) is 18.5 Å². The standard InChI is InChI=1S/C29H31Cl2N3O4/c1-18(2)34-26-9-4-19(12-24(26)27(30)32-34)16-38-23-7-8-25-20(13-23)5-6-22(29(25,31)17-35)15-33-11-10-21(14-33)28(36)37-3/h4,6-9,12-13,17-18,21H,5,10-11,14-16H2,1-3H3/t21-,29?/m1/s1. The number of nitrogens with zero attached hydrogens (tertiary/aromatic N) is 3. The molecule has 1 aliphatic carbocycles. The zero-order valence-corrected chi connectivity index (χ0v) is 23.3. The summed E-state index contributed by atoms with van der Waals surface area (Å²) in [6.45, 7) is 6.41. The highest BCUT2D eigenvalue weighted by Gasteiger charge is 2.40. The molecule has 1 unspecified atom stereocenters. The van der Waals surface area contributed by atoms with Gasteiger partial charge >= 0.3 is 5.97 Å². The maximum absolute atomic E-state index is 12.3. The molecule has 3 aromatic rings. The van der Waals surface area contributed by atoms with Crippen LogP contribution in [0.5, 0.6) is 5.75 Å². The lowest BCUT2D eigenvalue weighted by Crippen LogP contribution is -2.36. The van der Waals surface area contributed by atoms with E-state index < -0.39 is 4.87 Å². The average molecular weight is 556 g/mol. The molecule has 2 aromatic carbocycles. The lowest BCUT2D eigenvalue weighted by atomic mass is 9.81. The zero-order chi connectivity index (χ0) is 27.0. The summed E-state index contributed by atoms with van der Waals surface area (Å²) < 4.78 is 12.9. The number of rotatable bonds is 8. The molecule has 1 saturated heterocycles. The number of halogens is 2. The molecule has 2 heterocycles. The summed E-state index contributed by atoms with van der Waals surface area (Å²) >= 11 is 13.3. The zero-order valence-electron chi connectivity index (χ0n) is 21.7. The quantitative estimate of drug-likeness (QED) is 0.159. The van der Waals surface area contributed by atoms with Gasteiger partial charge in [-0.15, -0.1) is 11.6 Å². The molecule has 1 fully saturated rings. The largest absolute Gasteiger partial charge is 0.489 e. The van der Waals surface area contributed by atoms with Crippen LogP contribution in [0.25, 0.3) is 10.9 Å². The topological polar surface area (TPSA) is 73.7 Å². The van der Waals surface area contributed by atoms with Crippen LogP contribution < -0.4 is 4.74 Å². The molecule has 38 heavy (non-hydrogen) atoms. The minimum Gasteiger partial charge on any atom is -0.489 e. The van der Waals surface area contributed by atoms with Crippen molar-refractivity contribution < 1.29 is 19.1 Å². The first-order valence-electron chi connectivity index (χ1n) is 12.8. The molecule has 0 saturated carbocycles. The first kappa shape index (κ1) is 26.7. The van der Waals surface area contributed by atoms with Gasteiger partial charge in [0.2, 0.25) is 0 Å². The van der Waals surface area contributed by atoms with E-state index in [-0.39, 0.29) is 17.9 Å².